The zero-order chi connectivity index (χ0) is 5.98. The molecule has 3 heteroatoms. The van der Waals surface area contributed by atoms with Gasteiger partial charge in [-0.3, -0.25) is 0 Å². The Morgan fingerprint density at radius 2 is 2.50 bits per heavy atom. The molecule has 2 N–H and O–H groups in total. The van der Waals surface area contributed by atoms with Gasteiger partial charge in [-0.05, 0) is 6.42 Å². The van der Waals surface area contributed by atoms with Crippen molar-refractivity contribution in [1.29, 1.82) is 0 Å². The lowest BCUT2D eigenvalue weighted by molar-refractivity contribution is -0.0948. The van der Waals surface area contributed by atoms with Crippen LogP contribution in [0.1, 0.15) is 6.42 Å². The van der Waals surface area contributed by atoms with E-state index >= 15 is 0 Å². The molecular weight excluding hydrogens is 106 g/mol. The van der Waals surface area contributed by atoms with Crippen LogP contribution in [0.4, 0.5) is 0 Å². The van der Waals surface area contributed by atoms with Crippen molar-refractivity contribution in [3.8, 4) is 0 Å². The summed E-state index contributed by atoms with van der Waals surface area (Å²) >= 11 is 0. The third-order valence-corrected chi connectivity index (χ3v) is 1.32. The molecule has 3 nitrogen and oxygen atoms in total. The molecule has 0 radical (unpaired) electrons. The van der Waals surface area contributed by atoms with E-state index in [4.69, 9.17) is 15.2 Å². The summed E-state index contributed by atoms with van der Waals surface area (Å²) in [6, 6.07) is 0.0833. The number of hydrogen-bond donors (Lipinski definition) is 1. The van der Waals surface area contributed by atoms with E-state index in [1.54, 1.807) is 7.11 Å². The first-order valence-electron chi connectivity index (χ1n) is 2.74. The molecule has 0 aromatic rings. The largest absolute Gasteiger partial charge is 0.354 e. The van der Waals surface area contributed by atoms with E-state index in [1.807, 2.05) is 0 Å². The Balaban J connectivity index is 2.30. The van der Waals surface area contributed by atoms with E-state index < -0.39 is 0 Å². The highest BCUT2D eigenvalue weighted by atomic mass is 16.7. The van der Waals surface area contributed by atoms with Crippen LogP contribution in [-0.4, -0.2) is 26.0 Å². The predicted octanol–water partition coefficient (Wildman–Crippen LogP) is -0.294. The van der Waals surface area contributed by atoms with Crippen molar-refractivity contribution in [2.45, 2.75) is 18.8 Å². The second-order valence-electron chi connectivity index (χ2n) is 1.93. The molecule has 1 fully saturated rings. The third kappa shape index (κ3) is 0.992. The quantitative estimate of drug-likeness (QED) is 0.513. The molecule has 1 aliphatic rings. The topological polar surface area (TPSA) is 44.5 Å². The van der Waals surface area contributed by atoms with Crippen LogP contribution in [0.15, 0.2) is 0 Å². The van der Waals surface area contributed by atoms with Crippen molar-refractivity contribution in [2.24, 2.45) is 5.73 Å². The Morgan fingerprint density at radius 1 is 1.75 bits per heavy atom. The SMILES string of the molecule is COC1OCC[C@H]1N. The summed E-state index contributed by atoms with van der Waals surface area (Å²) in [5, 5.41) is 0. The standard InChI is InChI=1S/C5H11NO2/c1-7-5-4(6)2-3-8-5/h4-5H,2-3,6H2,1H3/t4-,5?/m1/s1. The number of nitrogens with two attached hydrogens (primary N) is 1. The first-order valence-corrected chi connectivity index (χ1v) is 2.74. The summed E-state index contributed by atoms with van der Waals surface area (Å²) in [4.78, 5) is 0. The maximum absolute atomic E-state index is 5.54. The van der Waals surface area contributed by atoms with E-state index in [-0.39, 0.29) is 12.3 Å². The summed E-state index contributed by atoms with van der Waals surface area (Å²) in [5.41, 5.74) is 5.54. The average molecular weight is 117 g/mol. The Kier molecular flexibility index (Phi) is 1.83. The highest BCUT2D eigenvalue weighted by Gasteiger charge is 2.23. The van der Waals surface area contributed by atoms with Gasteiger partial charge < -0.3 is 15.2 Å². The normalized spacial score (nSPS) is 38.2. The molecular formula is C5H11NO2. The van der Waals surface area contributed by atoms with Gasteiger partial charge in [0.1, 0.15) is 0 Å². The van der Waals surface area contributed by atoms with Gasteiger partial charge in [0.2, 0.25) is 0 Å². The van der Waals surface area contributed by atoms with Crippen LogP contribution in [0.25, 0.3) is 0 Å². The van der Waals surface area contributed by atoms with Crippen molar-refractivity contribution in [3.05, 3.63) is 0 Å². The molecule has 1 saturated heterocycles. The van der Waals surface area contributed by atoms with E-state index in [0.29, 0.717) is 0 Å². The summed E-state index contributed by atoms with van der Waals surface area (Å²) in [7, 11) is 1.61. The van der Waals surface area contributed by atoms with Gasteiger partial charge in [-0.2, -0.15) is 0 Å². The second kappa shape index (κ2) is 2.44. The monoisotopic (exact) mass is 117 g/mol. The summed E-state index contributed by atoms with van der Waals surface area (Å²) in [5.74, 6) is 0. The first-order chi connectivity index (χ1) is 3.84. The smallest absolute Gasteiger partial charge is 0.172 e. The van der Waals surface area contributed by atoms with Gasteiger partial charge in [-0.15, -0.1) is 0 Å². The van der Waals surface area contributed by atoms with E-state index in [0.717, 1.165) is 13.0 Å². The predicted molar refractivity (Wildman–Crippen MR) is 29.3 cm³/mol. The van der Waals surface area contributed by atoms with Crippen molar-refractivity contribution in [3.63, 3.8) is 0 Å². The lowest BCUT2D eigenvalue weighted by Gasteiger charge is -2.10. The van der Waals surface area contributed by atoms with Gasteiger partial charge in [0, 0.05) is 7.11 Å². The molecule has 1 heterocycles. The van der Waals surface area contributed by atoms with Crippen LogP contribution in [0, 0.1) is 0 Å². The maximum atomic E-state index is 5.54. The van der Waals surface area contributed by atoms with Crippen LogP contribution >= 0.6 is 0 Å². The minimum Gasteiger partial charge on any atom is -0.354 e. The molecule has 1 aliphatic heterocycles. The highest BCUT2D eigenvalue weighted by molar-refractivity contribution is 4.70. The fourth-order valence-electron chi connectivity index (χ4n) is 0.823. The zero-order valence-electron chi connectivity index (χ0n) is 4.96. The molecule has 0 aliphatic carbocycles. The maximum Gasteiger partial charge on any atom is 0.172 e. The van der Waals surface area contributed by atoms with Crippen LogP contribution in [0.5, 0.6) is 0 Å². The Morgan fingerprint density at radius 3 is 2.75 bits per heavy atom. The summed E-state index contributed by atoms with van der Waals surface area (Å²) < 4.78 is 9.94. The van der Waals surface area contributed by atoms with Gasteiger partial charge in [-0.1, -0.05) is 0 Å². The molecule has 0 amide bonds. The molecule has 1 rings (SSSR count). The third-order valence-electron chi connectivity index (χ3n) is 1.32. The van der Waals surface area contributed by atoms with E-state index in [2.05, 4.69) is 0 Å². The molecule has 0 saturated carbocycles. The number of ether oxygens (including phenoxy) is 2. The van der Waals surface area contributed by atoms with Crippen LogP contribution in [0.3, 0.4) is 0 Å². The van der Waals surface area contributed by atoms with Crippen molar-refractivity contribution < 1.29 is 9.47 Å². The molecule has 1 unspecified atom stereocenters. The Hall–Kier alpha value is -0.120. The highest BCUT2D eigenvalue weighted by Crippen LogP contribution is 2.10. The lowest BCUT2D eigenvalue weighted by atomic mass is 10.3. The molecule has 0 bridgehead atoms. The summed E-state index contributed by atoms with van der Waals surface area (Å²) in [6.07, 6.45) is 0.758. The van der Waals surface area contributed by atoms with Crippen molar-refractivity contribution >= 4 is 0 Å². The lowest BCUT2D eigenvalue weighted by Crippen LogP contribution is -2.31. The zero-order valence-corrected chi connectivity index (χ0v) is 4.96. The fourth-order valence-corrected chi connectivity index (χ4v) is 0.823. The van der Waals surface area contributed by atoms with Gasteiger partial charge in [0.05, 0.1) is 12.6 Å². The van der Waals surface area contributed by atoms with Crippen molar-refractivity contribution in [1.82, 2.24) is 0 Å². The van der Waals surface area contributed by atoms with Gasteiger partial charge in [-0.25, -0.2) is 0 Å². The van der Waals surface area contributed by atoms with E-state index in [1.165, 1.54) is 0 Å². The second-order valence-corrected chi connectivity index (χ2v) is 1.93. The van der Waals surface area contributed by atoms with Crippen LogP contribution < -0.4 is 5.73 Å². The Labute approximate surface area is 48.8 Å². The van der Waals surface area contributed by atoms with Gasteiger partial charge >= 0.3 is 0 Å². The molecule has 0 spiro atoms. The van der Waals surface area contributed by atoms with Gasteiger partial charge in [0.25, 0.3) is 0 Å². The minimum atomic E-state index is -0.157. The van der Waals surface area contributed by atoms with Crippen molar-refractivity contribution in [2.75, 3.05) is 13.7 Å². The Bertz CT molecular complexity index is 76.8. The van der Waals surface area contributed by atoms with E-state index in [9.17, 15) is 0 Å². The van der Waals surface area contributed by atoms with Crippen LogP contribution in [-0.2, 0) is 9.47 Å². The molecule has 0 aromatic heterocycles. The first kappa shape index (κ1) is 6.01. The molecule has 8 heavy (non-hydrogen) atoms. The molecule has 48 valence electrons. The number of methoxy groups -OCH3 is 1. The fraction of sp³-hybridized carbons (Fsp3) is 1.00. The number of hydrogen-bond acceptors (Lipinski definition) is 3. The average Bonchev–Trinajstić information content (AvgIpc) is 2.14. The molecule has 2 atom stereocenters. The molecule has 0 aromatic carbocycles. The summed E-state index contributed by atoms with van der Waals surface area (Å²) in [6.45, 7) is 0.736. The van der Waals surface area contributed by atoms with Crippen LogP contribution in [0.2, 0.25) is 0 Å². The minimum absolute atomic E-state index is 0.0833. The number of rotatable bonds is 1. The van der Waals surface area contributed by atoms with Gasteiger partial charge in [0.15, 0.2) is 6.29 Å².